The van der Waals surface area contributed by atoms with E-state index >= 15 is 0 Å². The van der Waals surface area contributed by atoms with Gasteiger partial charge in [0, 0.05) is 42.9 Å². The van der Waals surface area contributed by atoms with Crippen LogP contribution in [0.1, 0.15) is 22.7 Å². The average Bonchev–Trinajstić information content (AvgIpc) is 3.05. The number of aromatic nitrogens is 1. The van der Waals surface area contributed by atoms with E-state index in [9.17, 15) is 0 Å². The number of rotatable bonds is 5. The number of thioether (sulfide) groups is 1. The highest BCUT2D eigenvalue weighted by Crippen LogP contribution is 2.25. The fraction of sp³-hybridized carbons (Fsp3) is 0.692. The highest BCUT2D eigenvalue weighted by Gasteiger charge is 2.15. The maximum atomic E-state index is 4.36. The molecule has 2 heterocycles. The van der Waals surface area contributed by atoms with Crippen LogP contribution in [0.4, 0.5) is 0 Å². The molecule has 1 unspecified atom stereocenters. The maximum absolute atomic E-state index is 4.36. The second-order valence-electron chi connectivity index (χ2n) is 4.63. The Bertz CT molecular complexity index is 411. The lowest BCUT2D eigenvalue weighted by Gasteiger charge is -2.14. The zero-order valence-electron chi connectivity index (χ0n) is 11.6. The first kappa shape index (κ1) is 14.7. The lowest BCUT2D eigenvalue weighted by Crippen LogP contribution is -2.40. The van der Waals surface area contributed by atoms with E-state index in [-0.39, 0.29) is 0 Å². The van der Waals surface area contributed by atoms with Gasteiger partial charge in [-0.05, 0) is 25.5 Å². The Labute approximate surface area is 123 Å². The smallest absolute Gasteiger partial charge is 0.191 e. The van der Waals surface area contributed by atoms with Crippen molar-refractivity contribution in [1.82, 2.24) is 15.6 Å². The number of hydrogen-bond acceptors (Lipinski definition) is 4. The standard InChI is InChI=1S/C13H22N4S2/c1-10-8-16-12(19-10)5-6-15-13(14-2)17-9-11-4-3-7-18-11/h8,11H,3-7,9H2,1-2H3,(H2,14,15,17). The summed E-state index contributed by atoms with van der Waals surface area (Å²) in [4.78, 5) is 9.89. The highest BCUT2D eigenvalue weighted by molar-refractivity contribution is 8.00. The molecule has 0 aliphatic carbocycles. The van der Waals surface area contributed by atoms with Gasteiger partial charge >= 0.3 is 0 Å². The Hall–Kier alpha value is -0.750. The Morgan fingerprint density at radius 1 is 1.53 bits per heavy atom. The molecule has 0 spiro atoms. The Kier molecular flexibility index (Phi) is 5.97. The van der Waals surface area contributed by atoms with Crippen LogP contribution < -0.4 is 10.6 Å². The van der Waals surface area contributed by atoms with E-state index in [1.807, 2.05) is 13.2 Å². The van der Waals surface area contributed by atoms with Gasteiger partial charge in [0.15, 0.2) is 5.96 Å². The van der Waals surface area contributed by atoms with E-state index < -0.39 is 0 Å². The third kappa shape index (κ3) is 5.03. The number of aryl methyl sites for hydroxylation is 1. The minimum Gasteiger partial charge on any atom is -0.356 e. The number of aliphatic imine (C=N–C) groups is 1. The molecule has 106 valence electrons. The van der Waals surface area contributed by atoms with E-state index in [0.29, 0.717) is 0 Å². The summed E-state index contributed by atoms with van der Waals surface area (Å²) in [6.07, 6.45) is 5.57. The SMILES string of the molecule is CN=C(NCCc1ncc(C)s1)NCC1CCCS1. The van der Waals surface area contributed by atoms with Gasteiger partial charge in [-0.3, -0.25) is 4.99 Å². The zero-order chi connectivity index (χ0) is 13.5. The van der Waals surface area contributed by atoms with Crippen molar-refractivity contribution < 1.29 is 0 Å². The van der Waals surface area contributed by atoms with Crippen LogP contribution in [0, 0.1) is 6.92 Å². The zero-order valence-corrected chi connectivity index (χ0v) is 13.2. The van der Waals surface area contributed by atoms with Crippen LogP contribution in [0.25, 0.3) is 0 Å². The fourth-order valence-electron chi connectivity index (χ4n) is 2.04. The van der Waals surface area contributed by atoms with Crippen molar-refractivity contribution in [2.24, 2.45) is 4.99 Å². The van der Waals surface area contributed by atoms with Gasteiger partial charge in [0.2, 0.25) is 0 Å². The van der Waals surface area contributed by atoms with Crippen molar-refractivity contribution >= 4 is 29.1 Å². The minimum absolute atomic E-state index is 0.750. The van der Waals surface area contributed by atoms with Crippen molar-refractivity contribution in [2.45, 2.75) is 31.4 Å². The summed E-state index contributed by atoms with van der Waals surface area (Å²) in [7, 11) is 1.82. The molecule has 0 saturated carbocycles. The largest absolute Gasteiger partial charge is 0.356 e. The normalized spacial score (nSPS) is 19.7. The molecule has 1 aromatic heterocycles. The van der Waals surface area contributed by atoms with Gasteiger partial charge in [-0.1, -0.05) is 0 Å². The van der Waals surface area contributed by atoms with Gasteiger partial charge in [0.25, 0.3) is 0 Å². The molecule has 2 N–H and O–H groups in total. The molecule has 2 rings (SSSR count). The first-order chi connectivity index (χ1) is 9.28. The number of guanidine groups is 1. The van der Waals surface area contributed by atoms with Gasteiger partial charge < -0.3 is 10.6 Å². The third-order valence-electron chi connectivity index (χ3n) is 3.05. The fourth-order valence-corrected chi connectivity index (χ4v) is 4.03. The topological polar surface area (TPSA) is 49.3 Å². The van der Waals surface area contributed by atoms with Crippen LogP contribution in [-0.4, -0.2) is 42.1 Å². The molecule has 19 heavy (non-hydrogen) atoms. The first-order valence-electron chi connectivity index (χ1n) is 6.75. The first-order valence-corrected chi connectivity index (χ1v) is 8.62. The van der Waals surface area contributed by atoms with Crippen molar-refractivity contribution in [3.63, 3.8) is 0 Å². The van der Waals surface area contributed by atoms with Crippen LogP contribution in [-0.2, 0) is 6.42 Å². The molecule has 4 nitrogen and oxygen atoms in total. The quantitative estimate of drug-likeness (QED) is 0.645. The molecule has 1 saturated heterocycles. The highest BCUT2D eigenvalue weighted by atomic mass is 32.2. The molecule has 1 atom stereocenters. The molecule has 6 heteroatoms. The molecule has 0 radical (unpaired) electrons. The van der Waals surface area contributed by atoms with Gasteiger partial charge in [-0.2, -0.15) is 11.8 Å². The summed E-state index contributed by atoms with van der Waals surface area (Å²) in [5.74, 6) is 2.21. The average molecular weight is 298 g/mol. The number of nitrogens with one attached hydrogen (secondary N) is 2. The summed E-state index contributed by atoms with van der Waals surface area (Å²) in [6, 6.07) is 0. The lowest BCUT2D eigenvalue weighted by molar-refractivity contribution is 0.724. The van der Waals surface area contributed by atoms with Crippen molar-refractivity contribution in [1.29, 1.82) is 0 Å². The molecular formula is C13H22N4S2. The molecule has 1 aliphatic heterocycles. The molecule has 0 bridgehead atoms. The predicted molar refractivity (Wildman–Crippen MR) is 85.4 cm³/mol. The summed E-state index contributed by atoms with van der Waals surface area (Å²) < 4.78 is 0. The van der Waals surface area contributed by atoms with Crippen LogP contribution in [0.2, 0.25) is 0 Å². The summed E-state index contributed by atoms with van der Waals surface area (Å²) in [6.45, 7) is 3.99. The molecule has 1 fully saturated rings. The Balaban J connectivity index is 1.64. The molecule has 0 amide bonds. The number of thiazole rings is 1. The monoisotopic (exact) mass is 298 g/mol. The molecule has 1 aromatic rings. The van der Waals surface area contributed by atoms with Gasteiger partial charge in [0.05, 0.1) is 5.01 Å². The molecular weight excluding hydrogens is 276 g/mol. The second-order valence-corrected chi connectivity index (χ2v) is 7.36. The van der Waals surface area contributed by atoms with Crippen molar-refractivity contribution in [3.05, 3.63) is 16.1 Å². The van der Waals surface area contributed by atoms with Crippen LogP contribution >= 0.6 is 23.1 Å². The maximum Gasteiger partial charge on any atom is 0.191 e. The minimum atomic E-state index is 0.750. The van der Waals surface area contributed by atoms with E-state index in [1.54, 1.807) is 11.3 Å². The van der Waals surface area contributed by atoms with Gasteiger partial charge in [-0.15, -0.1) is 11.3 Å². The second kappa shape index (κ2) is 7.75. The predicted octanol–water partition coefficient (Wildman–Crippen LogP) is 2.05. The summed E-state index contributed by atoms with van der Waals surface area (Å²) in [5.41, 5.74) is 0. The molecule has 1 aliphatic rings. The van der Waals surface area contributed by atoms with E-state index in [1.165, 1.54) is 28.5 Å². The lowest BCUT2D eigenvalue weighted by atomic mass is 10.2. The van der Waals surface area contributed by atoms with E-state index in [0.717, 1.165) is 30.7 Å². The summed E-state index contributed by atoms with van der Waals surface area (Å²) >= 11 is 3.83. The molecule has 0 aromatic carbocycles. The van der Waals surface area contributed by atoms with Crippen molar-refractivity contribution in [3.8, 4) is 0 Å². The Morgan fingerprint density at radius 2 is 2.42 bits per heavy atom. The van der Waals surface area contributed by atoms with E-state index in [2.05, 4.69) is 39.3 Å². The number of nitrogens with zero attached hydrogens (tertiary/aromatic N) is 2. The summed E-state index contributed by atoms with van der Waals surface area (Å²) in [5, 5.41) is 8.69. The van der Waals surface area contributed by atoms with Crippen LogP contribution in [0.3, 0.4) is 0 Å². The third-order valence-corrected chi connectivity index (χ3v) is 5.42. The van der Waals surface area contributed by atoms with Gasteiger partial charge in [-0.25, -0.2) is 4.98 Å². The van der Waals surface area contributed by atoms with Crippen molar-refractivity contribution in [2.75, 3.05) is 25.9 Å². The van der Waals surface area contributed by atoms with Crippen LogP contribution in [0.15, 0.2) is 11.2 Å². The Morgan fingerprint density at radius 3 is 3.05 bits per heavy atom. The van der Waals surface area contributed by atoms with Crippen LogP contribution in [0.5, 0.6) is 0 Å². The van der Waals surface area contributed by atoms with Gasteiger partial charge in [0.1, 0.15) is 0 Å². The van der Waals surface area contributed by atoms with E-state index in [4.69, 9.17) is 0 Å². The number of hydrogen-bond donors (Lipinski definition) is 2.